The van der Waals surface area contributed by atoms with Gasteiger partial charge in [0.2, 0.25) is 5.91 Å². The van der Waals surface area contributed by atoms with E-state index < -0.39 is 12.0 Å². The number of hydrogen-bond acceptors (Lipinski definition) is 5. The number of benzene rings is 1. The number of oxazole rings is 1. The van der Waals surface area contributed by atoms with Gasteiger partial charge in [0.15, 0.2) is 11.7 Å². The van der Waals surface area contributed by atoms with Crippen molar-refractivity contribution in [2.45, 2.75) is 6.10 Å². The van der Waals surface area contributed by atoms with Gasteiger partial charge in [-0.05, 0) is 12.1 Å². The molecule has 6 nitrogen and oxygen atoms in total. The number of nitrogens with two attached hydrogens (primary N) is 1. The molecule has 1 fully saturated rings. The number of aromatic nitrogens is 1. The number of para-hydroxylation sites is 2. The highest BCUT2D eigenvalue weighted by Crippen LogP contribution is 2.23. The molecule has 1 aliphatic rings. The van der Waals surface area contributed by atoms with Crippen LogP contribution in [0.25, 0.3) is 11.1 Å². The quantitative estimate of drug-likeness (QED) is 0.836. The summed E-state index contributed by atoms with van der Waals surface area (Å²) in [6.07, 6.45) is -0.603. The molecule has 18 heavy (non-hydrogen) atoms. The van der Waals surface area contributed by atoms with E-state index in [0.717, 1.165) is 11.1 Å². The van der Waals surface area contributed by atoms with Gasteiger partial charge in [-0.25, -0.2) is 0 Å². The van der Waals surface area contributed by atoms with Gasteiger partial charge in [-0.1, -0.05) is 12.1 Å². The zero-order valence-corrected chi connectivity index (χ0v) is 9.70. The number of nitrogens with zero attached hydrogens (tertiary/aromatic N) is 2. The number of primary amides is 1. The predicted octanol–water partition coefficient (Wildman–Crippen LogP) is 0.518. The van der Waals surface area contributed by atoms with Gasteiger partial charge < -0.3 is 19.8 Å². The summed E-state index contributed by atoms with van der Waals surface area (Å²) in [4.78, 5) is 17.4. The zero-order valence-electron chi connectivity index (χ0n) is 9.70. The van der Waals surface area contributed by atoms with E-state index in [1.807, 2.05) is 29.2 Å². The Balaban J connectivity index is 1.87. The number of hydrogen-bond donors (Lipinski definition) is 1. The highest BCUT2D eigenvalue weighted by molar-refractivity contribution is 5.80. The molecule has 1 aliphatic heterocycles. The molecule has 1 aromatic carbocycles. The maximum atomic E-state index is 11.1. The number of anilines is 1. The summed E-state index contributed by atoms with van der Waals surface area (Å²) >= 11 is 0. The summed E-state index contributed by atoms with van der Waals surface area (Å²) in [6, 6.07) is 8.04. The molecule has 2 aromatic rings. The molecular weight excluding hydrogens is 234 g/mol. The van der Waals surface area contributed by atoms with Crippen LogP contribution < -0.4 is 10.6 Å². The first kappa shape index (κ1) is 11.0. The van der Waals surface area contributed by atoms with Crippen molar-refractivity contribution in [2.75, 3.05) is 24.6 Å². The topological polar surface area (TPSA) is 81.6 Å². The van der Waals surface area contributed by atoms with Crippen LogP contribution in [-0.2, 0) is 9.53 Å². The van der Waals surface area contributed by atoms with E-state index in [1.54, 1.807) is 0 Å². The Bertz CT molecular complexity index is 548. The Labute approximate surface area is 103 Å². The lowest BCUT2D eigenvalue weighted by atomic mass is 10.3. The molecule has 2 heterocycles. The highest BCUT2D eigenvalue weighted by Gasteiger charge is 2.27. The predicted molar refractivity (Wildman–Crippen MR) is 65.2 cm³/mol. The second-order valence-corrected chi connectivity index (χ2v) is 4.17. The molecule has 0 saturated carbocycles. The van der Waals surface area contributed by atoms with E-state index in [4.69, 9.17) is 14.9 Å². The molecule has 0 unspecified atom stereocenters. The summed E-state index contributed by atoms with van der Waals surface area (Å²) < 4.78 is 10.9. The lowest BCUT2D eigenvalue weighted by molar-refractivity contribution is -0.130. The lowest BCUT2D eigenvalue weighted by Crippen LogP contribution is -2.48. The average Bonchev–Trinajstić information content (AvgIpc) is 2.82. The summed E-state index contributed by atoms with van der Waals surface area (Å²) in [7, 11) is 0. The molecule has 1 saturated heterocycles. The molecule has 3 rings (SSSR count). The van der Waals surface area contributed by atoms with E-state index in [1.165, 1.54) is 0 Å². The van der Waals surface area contributed by atoms with Crippen LogP contribution >= 0.6 is 0 Å². The maximum absolute atomic E-state index is 11.1. The third-order valence-corrected chi connectivity index (χ3v) is 2.94. The van der Waals surface area contributed by atoms with Crippen molar-refractivity contribution in [2.24, 2.45) is 5.73 Å². The van der Waals surface area contributed by atoms with Gasteiger partial charge in [0.25, 0.3) is 6.01 Å². The van der Waals surface area contributed by atoms with E-state index >= 15 is 0 Å². The molecule has 0 aliphatic carbocycles. The molecule has 0 spiro atoms. The second kappa shape index (κ2) is 4.30. The minimum absolute atomic E-state index is 0.377. The van der Waals surface area contributed by atoms with Crippen LogP contribution in [0.1, 0.15) is 0 Å². The van der Waals surface area contributed by atoms with Gasteiger partial charge in [0.1, 0.15) is 5.52 Å². The number of amides is 1. The molecule has 0 radical (unpaired) electrons. The minimum Gasteiger partial charge on any atom is -0.423 e. The van der Waals surface area contributed by atoms with E-state index in [-0.39, 0.29) is 0 Å². The second-order valence-electron chi connectivity index (χ2n) is 4.17. The monoisotopic (exact) mass is 247 g/mol. The SMILES string of the molecule is NC(=O)[C@@H]1CN(c2nc3ccccc3o2)CCO1. The Morgan fingerprint density at radius 1 is 1.44 bits per heavy atom. The van der Waals surface area contributed by atoms with Gasteiger partial charge in [-0.15, -0.1) is 0 Å². The Morgan fingerprint density at radius 2 is 2.28 bits per heavy atom. The maximum Gasteiger partial charge on any atom is 0.298 e. The van der Waals surface area contributed by atoms with Crippen LogP contribution in [0.5, 0.6) is 0 Å². The number of carbonyl (C=O) groups excluding carboxylic acids is 1. The van der Waals surface area contributed by atoms with Crippen LogP contribution in [-0.4, -0.2) is 36.7 Å². The number of ether oxygens (including phenoxy) is 1. The fourth-order valence-electron chi connectivity index (χ4n) is 1.99. The minimum atomic E-state index is -0.603. The van der Waals surface area contributed by atoms with E-state index in [9.17, 15) is 4.79 Å². The van der Waals surface area contributed by atoms with Gasteiger partial charge in [0, 0.05) is 6.54 Å². The molecule has 1 amide bonds. The average molecular weight is 247 g/mol. The van der Waals surface area contributed by atoms with Gasteiger partial charge in [0.05, 0.1) is 13.2 Å². The standard InChI is InChI=1S/C12H13N3O3/c13-11(16)10-7-15(5-6-17-10)12-14-8-3-1-2-4-9(8)18-12/h1-4,10H,5-7H2,(H2,13,16)/t10-/m0/s1. The van der Waals surface area contributed by atoms with Crippen LogP contribution in [0.2, 0.25) is 0 Å². The van der Waals surface area contributed by atoms with Crippen molar-refractivity contribution in [3.63, 3.8) is 0 Å². The summed E-state index contributed by atoms with van der Waals surface area (Å²) in [6.45, 7) is 1.45. The zero-order chi connectivity index (χ0) is 12.5. The van der Waals surface area contributed by atoms with Crippen molar-refractivity contribution in [3.05, 3.63) is 24.3 Å². The largest absolute Gasteiger partial charge is 0.423 e. The van der Waals surface area contributed by atoms with Crippen LogP contribution in [0.4, 0.5) is 6.01 Å². The summed E-state index contributed by atoms with van der Waals surface area (Å²) in [5, 5.41) is 0. The molecule has 0 bridgehead atoms. The molecule has 94 valence electrons. The van der Waals surface area contributed by atoms with Gasteiger partial charge >= 0.3 is 0 Å². The molecule has 1 aromatic heterocycles. The molecule has 2 N–H and O–H groups in total. The van der Waals surface area contributed by atoms with E-state index in [0.29, 0.717) is 25.7 Å². The number of morpholine rings is 1. The van der Waals surface area contributed by atoms with Crippen molar-refractivity contribution in [3.8, 4) is 0 Å². The normalized spacial score (nSPS) is 20.2. The fourth-order valence-corrected chi connectivity index (χ4v) is 1.99. The molecule has 1 atom stereocenters. The number of carbonyl (C=O) groups is 1. The van der Waals surface area contributed by atoms with Crippen molar-refractivity contribution in [1.82, 2.24) is 4.98 Å². The van der Waals surface area contributed by atoms with Gasteiger partial charge in [-0.2, -0.15) is 4.98 Å². The third-order valence-electron chi connectivity index (χ3n) is 2.94. The van der Waals surface area contributed by atoms with Gasteiger partial charge in [-0.3, -0.25) is 4.79 Å². The smallest absolute Gasteiger partial charge is 0.298 e. The summed E-state index contributed by atoms with van der Waals surface area (Å²) in [5.41, 5.74) is 6.77. The van der Waals surface area contributed by atoms with Crippen molar-refractivity contribution >= 4 is 23.0 Å². The van der Waals surface area contributed by atoms with Crippen LogP contribution in [0.3, 0.4) is 0 Å². The number of fused-ring (bicyclic) bond motifs is 1. The Hall–Kier alpha value is -2.08. The third kappa shape index (κ3) is 1.91. The fraction of sp³-hybridized carbons (Fsp3) is 0.333. The van der Waals surface area contributed by atoms with Crippen LogP contribution in [0, 0.1) is 0 Å². The molecular formula is C12H13N3O3. The molecule has 6 heteroatoms. The first-order valence-electron chi connectivity index (χ1n) is 5.75. The highest BCUT2D eigenvalue weighted by atomic mass is 16.5. The Kier molecular flexibility index (Phi) is 2.64. The Morgan fingerprint density at radius 3 is 3.06 bits per heavy atom. The summed E-state index contributed by atoms with van der Waals surface area (Å²) in [5.74, 6) is -0.462. The van der Waals surface area contributed by atoms with Crippen molar-refractivity contribution < 1.29 is 13.9 Å². The number of rotatable bonds is 2. The van der Waals surface area contributed by atoms with E-state index in [2.05, 4.69) is 4.98 Å². The van der Waals surface area contributed by atoms with Crippen LogP contribution in [0.15, 0.2) is 28.7 Å². The first-order valence-corrected chi connectivity index (χ1v) is 5.75. The lowest BCUT2D eigenvalue weighted by Gasteiger charge is -2.29. The first-order chi connectivity index (χ1) is 8.74. The van der Waals surface area contributed by atoms with Crippen molar-refractivity contribution in [1.29, 1.82) is 0 Å².